The van der Waals surface area contributed by atoms with Gasteiger partial charge in [-0.3, -0.25) is 4.90 Å². The first kappa shape index (κ1) is 20.3. The maximum absolute atomic E-state index is 10.7. The molecule has 1 aliphatic rings. The van der Waals surface area contributed by atoms with Crippen LogP contribution in [0, 0.1) is 0 Å². The molecule has 3 aromatic rings. The molecule has 0 bridgehead atoms. The Morgan fingerprint density at radius 3 is 2.13 bits per heavy atom. The molecular formula is C26H28N2O2. The molecule has 0 aromatic heterocycles. The first-order chi connectivity index (χ1) is 14.8. The number of nitrogens with zero attached hydrogens (tertiary/aromatic N) is 2. The first-order valence-electron chi connectivity index (χ1n) is 10.5. The summed E-state index contributed by atoms with van der Waals surface area (Å²) < 4.78 is 0. The van der Waals surface area contributed by atoms with Gasteiger partial charge in [0.1, 0.15) is 6.10 Å². The lowest BCUT2D eigenvalue weighted by atomic mass is 10.0. The van der Waals surface area contributed by atoms with Crippen molar-refractivity contribution in [2.75, 3.05) is 13.1 Å². The van der Waals surface area contributed by atoms with Gasteiger partial charge in [-0.25, -0.2) is 0 Å². The number of aliphatic hydroxyl groups excluding tert-OH is 1. The van der Waals surface area contributed by atoms with Crippen LogP contribution in [0.5, 0.6) is 0 Å². The lowest BCUT2D eigenvalue weighted by Crippen LogP contribution is -2.38. The van der Waals surface area contributed by atoms with E-state index in [1.165, 1.54) is 5.56 Å². The summed E-state index contributed by atoms with van der Waals surface area (Å²) >= 11 is 0. The van der Waals surface area contributed by atoms with Gasteiger partial charge in [-0.2, -0.15) is 0 Å². The normalized spacial score (nSPS) is 16.9. The fraction of sp³-hybridized carbons (Fsp3) is 0.269. The Morgan fingerprint density at radius 1 is 0.867 bits per heavy atom. The fourth-order valence-electron chi connectivity index (χ4n) is 3.91. The second kappa shape index (κ2) is 10.2. The van der Waals surface area contributed by atoms with E-state index in [2.05, 4.69) is 58.6 Å². The van der Waals surface area contributed by atoms with Gasteiger partial charge in [0.2, 0.25) is 0 Å². The van der Waals surface area contributed by atoms with Gasteiger partial charge in [0.25, 0.3) is 0 Å². The van der Waals surface area contributed by atoms with Crippen LogP contribution in [0.1, 0.15) is 23.1 Å². The molecule has 30 heavy (non-hydrogen) atoms. The highest BCUT2D eigenvalue weighted by molar-refractivity contribution is 6.01. The largest absolute Gasteiger partial charge is 0.391 e. The van der Waals surface area contributed by atoms with Crippen molar-refractivity contribution < 1.29 is 9.94 Å². The predicted molar refractivity (Wildman–Crippen MR) is 120 cm³/mol. The van der Waals surface area contributed by atoms with Crippen molar-refractivity contribution in [2.24, 2.45) is 5.16 Å². The molecular weight excluding hydrogens is 372 g/mol. The molecule has 0 saturated carbocycles. The van der Waals surface area contributed by atoms with Gasteiger partial charge in [-0.05, 0) is 23.1 Å². The van der Waals surface area contributed by atoms with E-state index in [4.69, 9.17) is 4.84 Å². The predicted octanol–water partition coefficient (Wildman–Crippen LogP) is 4.29. The van der Waals surface area contributed by atoms with Crippen molar-refractivity contribution in [3.05, 3.63) is 108 Å². The van der Waals surface area contributed by atoms with Crippen LogP contribution in [0.2, 0.25) is 0 Å². The average molecular weight is 401 g/mol. The Hall–Kier alpha value is -2.95. The van der Waals surface area contributed by atoms with Gasteiger partial charge in [-0.1, -0.05) is 96.2 Å². The molecule has 2 unspecified atom stereocenters. The highest BCUT2D eigenvalue weighted by atomic mass is 16.6. The van der Waals surface area contributed by atoms with Gasteiger partial charge in [0.05, 0.1) is 11.8 Å². The molecule has 4 rings (SSSR count). The summed E-state index contributed by atoms with van der Waals surface area (Å²) in [6.45, 7) is 2.08. The molecule has 1 heterocycles. The van der Waals surface area contributed by atoms with E-state index in [1.54, 1.807) is 0 Å². The molecule has 154 valence electrons. The molecule has 0 radical (unpaired) electrons. The van der Waals surface area contributed by atoms with Gasteiger partial charge >= 0.3 is 0 Å². The maximum atomic E-state index is 10.7. The third-order valence-electron chi connectivity index (χ3n) is 5.33. The van der Waals surface area contributed by atoms with E-state index in [0.717, 1.165) is 36.3 Å². The highest BCUT2D eigenvalue weighted by Gasteiger charge is 2.25. The molecule has 0 amide bonds. The van der Waals surface area contributed by atoms with Crippen molar-refractivity contribution in [2.45, 2.75) is 31.6 Å². The van der Waals surface area contributed by atoms with Gasteiger partial charge in [0, 0.05) is 26.1 Å². The van der Waals surface area contributed by atoms with Crippen LogP contribution in [-0.4, -0.2) is 41.0 Å². The van der Waals surface area contributed by atoms with E-state index in [0.29, 0.717) is 13.0 Å². The molecule has 0 fully saturated rings. The van der Waals surface area contributed by atoms with Crippen molar-refractivity contribution in [3.8, 4) is 0 Å². The zero-order valence-corrected chi connectivity index (χ0v) is 17.1. The van der Waals surface area contributed by atoms with Crippen LogP contribution in [0.4, 0.5) is 0 Å². The monoisotopic (exact) mass is 400 g/mol. The number of oxime groups is 1. The third-order valence-corrected chi connectivity index (χ3v) is 5.33. The van der Waals surface area contributed by atoms with Crippen molar-refractivity contribution in [3.63, 3.8) is 0 Å². The van der Waals surface area contributed by atoms with Crippen LogP contribution in [0.25, 0.3) is 0 Å². The fourth-order valence-corrected chi connectivity index (χ4v) is 3.91. The summed E-state index contributed by atoms with van der Waals surface area (Å²) in [6, 6.07) is 30.7. The molecule has 2 atom stereocenters. The van der Waals surface area contributed by atoms with Crippen LogP contribution >= 0.6 is 0 Å². The minimum Gasteiger partial charge on any atom is -0.391 e. The maximum Gasteiger partial charge on any atom is 0.145 e. The Morgan fingerprint density at radius 2 is 1.47 bits per heavy atom. The van der Waals surface area contributed by atoms with Gasteiger partial charge in [0.15, 0.2) is 0 Å². The number of benzene rings is 3. The number of aliphatic hydroxyl groups is 1. The minimum absolute atomic E-state index is 0.00663. The van der Waals surface area contributed by atoms with E-state index < -0.39 is 6.10 Å². The number of rotatable bonds is 9. The highest BCUT2D eigenvalue weighted by Crippen LogP contribution is 2.19. The lowest BCUT2D eigenvalue weighted by Gasteiger charge is -2.27. The van der Waals surface area contributed by atoms with E-state index in [-0.39, 0.29) is 6.10 Å². The molecule has 0 saturated heterocycles. The van der Waals surface area contributed by atoms with E-state index in [9.17, 15) is 5.11 Å². The zero-order chi connectivity index (χ0) is 20.6. The quantitative estimate of drug-likeness (QED) is 0.583. The zero-order valence-electron chi connectivity index (χ0n) is 17.1. The molecule has 1 N–H and O–H groups in total. The summed E-state index contributed by atoms with van der Waals surface area (Å²) in [5.74, 6) is 0. The van der Waals surface area contributed by atoms with Gasteiger partial charge < -0.3 is 9.94 Å². The second-order valence-electron chi connectivity index (χ2n) is 7.86. The molecule has 1 aliphatic heterocycles. The van der Waals surface area contributed by atoms with Crippen molar-refractivity contribution in [1.29, 1.82) is 0 Å². The summed E-state index contributed by atoms with van der Waals surface area (Å²) in [4.78, 5) is 8.03. The first-order valence-corrected chi connectivity index (χ1v) is 10.5. The van der Waals surface area contributed by atoms with Crippen molar-refractivity contribution >= 4 is 5.71 Å². The summed E-state index contributed by atoms with van der Waals surface area (Å²) in [5, 5.41) is 15.1. The molecule has 0 aliphatic carbocycles. The van der Waals surface area contributed by atoms with E-state index >= 15 is 0 Å². The standard InChI is InChI=1S/C26H28N2O2/c29-24(16-21-10-4-1-5-11-21)19-28(18-22-12-6-2-7-13-22)20-25-17-26(27-30-25)23-14-8-3-9-15-23/h1-15,24-25,29H,16-20H2. The topological polar surface area (TPSA) is 45.1 Å². The summed E-state index contributed by atoms with van der Waals surface area (Å²) in [5.41, 5.74) is 4.48. The Bertz CT molecular complexity index is 929. The third kappa shape index (κ3) is 5.78. The average Bonchev–Trinajstić information content (AvgIpc) is 3.24. The van der Waals surface area contributed by atoms with Crippen LogP contribution < -0.4 is 0 Å². The SMILES string of the molecule is OC(Cc1ccccc1)CN(Cc1ccccc1)CC1CC(c2ccccc2)=NO1. The van der Waals surface area contributed by atoms with E-state index in [1.807, 2.05) is 42.5 Å². The van der Waals surface area contributed by atoms with Crippen LogP contribution in [0.15, 0.2) is 96.2 Å². The van der Waals surface area contributed by atoms with Crippen LogP contribution in [-0.2, 0) is 17.8 Å². The number of hydrogen-bond donors (Lipinski definition) is 1. The smallest absolute Gasteiger partial charge is 0.145 e. The van der Waals surface area contributed by atoms with Crippen LogP contribution in [0.3, 0.4) is 0 Å². The Balaban J connectivity index is 1.39. The molecule has 4 heteroatoms. The van der Waals surface area contributed by atoms with Crippen molar-refractivity contribution in [1.82, 2.24) is 4.90 Å². The second-order valence-corrected chi connectivity index (χ2v) is 7.86. The lowest BCUT2D eigenvalue weighted by molar-refractivity contribution is 0.0322. The molecule has 0 spiro atoms. The Kier molecular flexibility index (Phi) is 6.91. The Labute approximate surface area is 178 Å². The minimum atomic E-state index is -0.438. The molecule has 3 aromatic carbocycles. The van der Waals surface area contributed by atoms with Gasteiger partial charge in [-0.15, -0.1) is 0 Å². The molecule has 4 nitrogen and oxygen atoms in total. The summed E-state index contributed by atoms with van der Waals surface area (Å²) in [6.07, 6.45) is 0.980. The summed E-state index contributed by atoms with van der Waals surface area (Å²) in [7, 11) is 0. The number of hydrogen-bond acceptors (Lipinski definition) is 4.